The topological polar surface area (TPSA) is 82.2 Å². The van der Waals surface area contributed by atoms with Gasteiger partial charge < -0.3 is 20.4 Å². The van der Waals surface area contributed by atoms with Gasteiger partial charge in [-0.2, -0.15) is 0 Å². The molecule has 1 aromatic heterocycles. The number of benzene rings is 1. The third-order valence-corrected chi connectivity index (χ3v) is 5.02. The number of carbonyl (C=O) groups excluding carboxylic acids is 1. The summed E-state index contributed by atoms with van der Waals surface area (Å²) in [5.74, 6) is 0.847. The highest BCUT2D eigenvalue weighted by molar-refractivity contribution is 5.95. The fraction of sp³-hybridized carbons (Fsp3) is 0.474. The largest absolute Gasteiger partial charge is 0.496 e. The first-order valence-corrected chi connectivity index (χ1v) is 8.81. The number of hydrogen-bond acceptors (Lipinski definition) is 4. The molecule has 0 bridgehead atoms. The van der Waals surface area contributed by atoms with Crippen LogP contribution in [0.1, 0.15) is 32.1 Å². The molecule has 0 radical (unpaired) electrons. The van der Waals surface area contributed by atoms with Gasteiger partial charge in [-0.25, -0.2) is 4.98 Å². The molecule has 0 unspecified atom stereocenters. The van der Waals surface area contributed by atoms with Crippen LogP contribution in [0.25, 0.3) is 11.3 Å². The molecule has 0 spiro atoms. The van der Waals surface area contributed by atoms with Crippen molar-refractivity contribution in [1.29, 1.82) is 0 Å². The van der Waals surface area contributed by atoms with Crippen LogP contribution in [0.2, 0.25) is 0 Å². The van der Waals surface area contributed by atoms with Crippen molar-refractivity contribution in [2.45, 2.75) is 38.1 Å². The van der Waals surface area contributed by atoms with Gasteiger partial charge in [-0.3, -0.25) is 4.79 Å². The first-order valence-electron chi connectivity index (χ1n) is 8.81. The normalized spacial score (nSPS) is 16.4. The van der Waals surface area contributed by atoms with Crippen LogP contribution in [-0.4, -0.2) is 28.6 Å². The average Bonchev–Trinajstić information content (AvgIpc) is 3.07. The van der Waals surface area contributed by atoms with Crippen LogP contribution < -0.4 is 15.8 Å². The smallest absolute Gasteiger partial charge is 0.241 e. The monoisotopic (exact) mass is 342 g/mol. The van der Waals surface area contributed by atoms with Crippen molar-refractivity contribution in [1.82, 2.24) is 9.55 Å². The summed E-state index contributed by atoms with van der Waals surface area (Å²) in [6.45, 7) is 0. The summed E-state index contributed by atoms with van der Waals surface area (Å²) in [6, 6.07) is 5.17. The third-order valence-electron chi connectivity index (χ3n) is 5.02. The van der Waals surface area contributed by atoms with Gasteiger partial charge in [0, 0.05) is 24.4 Å². The minimum atomic E-state index is -0.456. The molecule has 1 saturated carbocycles. The van der Waals surface area contributed by atoms with Gasteiger partial charge >= 0.3 is 0 Å². The van der Waals surface area contributed by atoms with E-state index >= 15 is 0 Å². The molecule has 25 heavy (non-hydrogen) atoms. The molecule has 3 rings (SSSR count). The van der Waals surface area contributed by atoms with E-state index in [4.69, 9.17) is 10.5 Å². The van der Waals surface area contributed by atoms with Crippen LogP contribution in [0.3, 0.4) is 0 Å². The highest BCUT2D eigenvalue weighted by Crippen LogP contribution is 2.32. The van der Waals surface area contributed by atoms with Crippen molar-refractivity contribution in [2.24, 2.45) is 18.7 Å². The fourth-order valence-electron chi connectivity index (χ4n) is 3.53. The molecule has 1 aromatic carbocycles. The van der Waals surface area contributed by atoms with E-state index in [1.165, 1.54) is 19.3 Å². The van der Waals surface area contributed by atoms with Crippen molar-refractivity contribution in [3.63, 3.8) is 0 Å². The van der Waals surface area contributed by atoms with Crippen LogP contribution in [-0.2, 0) is 11.8 Å². The third kappa shape index (κ3) is 3.85. The maximum Gasteiger partial charge on any atom is 0.241 e. The molecule has 3 N–H and O–H groups in total. The minimum Gasteiger partial charge on any atom is -0.496 e. The lowest BCUT2D eigenvalue weighted by molar-refractivity contribution is -0.118. The summed E-state index contributed by atoms with van der Waals surface area (Å²) < 4.78 is 7.43. The molecule has 134 valence electrons. The van der Waals surface area contributed by atoms with Gasteiger partial charge in [0.1, 0.15) is 5.75 Å². The second-order valence-corrected chi connectivity index (χ2v) is 6.72. The van der Waals surface area contributed by atoms with Crippen LogP contribution in [0.15, 0.2) is 30.7 Å². The Kier molecular flexibility index (Phi) is 5.38. The van der Waals surface area contributed by atoms with Crippen LogP contribution in [0.5, 0.6) is 5.75 Å². The van der Waals surface area contributed by atoms with Crippen molar-refractivity contribution in [2.75, 3.05) is 12.4 Å². The van der Waals surface area contributed by atoms with Crippen LogP contribution in [0, 0.1) is 5.92 Å². The average molecular weight is 342 g/mol. The predicted octanol–water partition coefficient (Wildman–Crippen LogP) is 2.94. The molecule has 1 aliphatic rings. The van der Waals surface area contributed by atoms with Gasteiger partial charge in [0.2, 0.25) is 5.91 Å². The number of imidazole rings is 1. The molecule has 1 atom stereocenters. The molecule has 0 saturated heterocycles. The Morgan fingerprint density at radius 2 is 2.12 bits per heavy atom. The number of aryl methyl sites for hydroxylation is 1. The Bertz CT molecular complexity index is 735. The number of ether oxygens (including phenoxy) is 1. The maximum absolute atomic E-state index is 12.5. The number of anilines is 1. The van der Waals surface area contributed by atoms with Gasteiger partial charge in [-0.15, -0.1) is 0 Å². The van der Waals surface area contributed by atoms with E-state index in [1.54, 1.807) is 19.6 Å². The summed E-state index contributed by atoms with van der Waals surface area (Å²) >= 11 is 0. The number of nitrogens with zero attached hydrogens (tertiary/aromatic N) is 2. The molecule has 0 aliphatic heterocycles. The summed E-state index contributed by atoms with van der Waals surface area (Å²) in [7, 11) is 3.55. The lowest BCUT2D eigenvalue weighted by atomic mass is 9.84. The number of carbonyl (C=O) groups is 1. The van der Waals surface area contributed by atoms with E-state index in [0.717, 1.165) is 24.1 Å². The van der Waals surface area contributed by atoms with Gasteiger partial charge in [0.25, 0.3) is 0 Å². The van der Waals surface area contributed by atoms with Crippen molar-refractivity contribution >= 4 is 11.6 Å². The number of aromatic nitrogens is 2. The molecular formula is C19H26N4O2. The molecular weight excluding hydrogens is 316 g/mol. The first kappa shape index (κ1) is 17.5. The number of amides is 1. The number of nitrogens with two attached hydrogens (primary N) is 1. The van der Waals surface area contributed by atoms with E-state index in [-0.39, 0.29) is 11.8 Å². The summed E-state index contributed by atoms with van der Waals surface area (Å²) in [6.07, 6.45) is 9.19. The zero-order valence-corrected chi connectivity index (χ0v) is 14.9. The Labute approximate surface area is 148 Å². The van der Waals surface area contributed by atoms with Gasteiger partial charge in [0.15, 0.2) is 0 Å². The van der Waals surface area contributed by atoms with Crippen molar-refractivity contribution in [3.05, 3.63) is 30.7 Å². The highest BCUT2D eigenvalue weighted by Gasteiger charge is 2.26. The minimum absolute atomic E-state index is 0.123. The number of methoxy groups -OCH3 is 1. The van der Waals surface area contributed by atoms with Gasteiger partial charge in [-0.1, -0.05) is 19.3 Å². The Hall–Kier alpha value is -2.34. The lowest BCUT2D eigenvalue weighted by Crippen LogP contribution is -2.42. The fourth-order valence-corrected chi connectivity index (χ4v) is 3.53. The van der Waals surface area contributed by atoms with Gasteiger partial charge in [0.05, 0.1) is 31.4 Å². The summed E-state index contributed by atoms with van der Waals surface area (Å²) in [5, 5.41) is 2.93. The summed E-state index contributed by atoms with van der Waals surface area (Å²) in [4.78, 5) is 16.6. The molecule has 1 fully saturated rings. The quantitative estimate of drug-likeness (QED) is 0.875. The maximum atomic E-state index is 12.5. The van der Waals surface area contributed by atoms with E-state index in [1.807, 2.05) is 29.8 Å². The van der Waals surface area contributed by atoms with Crippen LogP contribution in [0.4, 0.5) is 5.69 Å². The standard InChI is InChI=1S/C19H26N4O2/c1-23-12-21-11-16(23)15-9-8-14(10-17(15)25-2)22-19(24)18(20)13-6-4-3-5-7-13/h8-13,18H,3-7,20H2,1-2H3,(H,22,24)/t18-/m0/s1. The lowest BCUT2D eigenvalue weighted by Gasteiger charge is -2.26. The van der Waals surface area contributed by atoms with E-state index < -0.39 is 6.04 Å². The van der Waals surface area contributed by atoms with Gasteiger partial charge in [-0.05, 0) is 30.9 Å². The SMILES string of the molecule is COc1cc(NC(=O)[C@@H](N)C2CCCCC2)ccc1-c1cncn1C. The second kappa shape index (κ2) is 7.70. The molecule has 6 nitrogen and oxygen atoms in total. The van der Waals surface area contributed by atoms with Crippen molar-refractivity contribution in [3.8, 4) is 17.0 Å². The number of hydrogen-bond donors (Lipinski definition) is 2. The van der Waals surface area contributed by atoms with E-state index in [2.05, 4.69) is 10.3 Å². The summed E-state index contributed by atoms with van der Waals surface area (Å²) in [5.41, 5.74) is 8.76. The number of nitrogens with one attached hydrogen (secondary N) is 1. The zero-order chi connectivity index (χ0) is 17.8. The van der Waals surface area contributed by atoms with E-state index in [9.17, 15) is 4.79 Å². The molecule has 6 heteroatoms. The Morgan fingerprint density at radius 3 is 2.76 bits per heavy atom. The Balaban J connectivity index is 1.74. The highest BCUT2D eigenvalue weighted by atomic mass is 16.5. The molecule has 1 aliphatic carbocycles. The van der Waals surface area contributed by atoms with E-state index in [0.29, 0.717) is 11.4 Å². The molecule has 1 heterocycles. The second-order valence-electron chi connectivity index (χ2n) is 6.72. The molecule has 2 aromatic rings. The number of rotatable bonds is 5. The zero-order valence-electron chi connectivity index (χ0n) is 14.9. The Morgan fingerprint density at radius 1 is 1.36 bits per heavy atom. The predicted molar refractivity (Wildman–Crippen MR) is 98.4 cm³/mol. The van der Waals surface area contributed by atoms with Crippen LogP contribution >= 0.6 is 0 Å². The molecule has 1 amide bonds. The van der Waals surface area contributed by atoms with Crippen molar-refractivity contribution < 1.29 is 9.53 Å². The first-order chi connectivity index (χ1) is 12.1.